The zero-order chi connectivity index (χ0) is 15.2. The molecule has 0 fully saturated rings. The summed E-state index contributed by atoms with van der Waals surface area (Å²) in [6, 6.07) is 4.66. The van der Waals surface area contributed by atoms with Gasteiger partial charge in [-0.3, -0.25) is 4.79 Å². The average Bonchev–Trinajstić information content (AvgIpc) is 2.44. The molecule has 20 heavy (non-hydrogen) atoms. The number of aliphatic hydroxyl groups is 2. The molecule has 1 aromatic carbocycles. The molecule has 1 rings (SSSR count). The summed E-state index contributed by atoms with van der Waals surface area (Å²) in [5.41, 5.74) is -1.04. The van der Waals surface area contributed by atoms with Gasteiger partial charge < -0.3 is 20.3 Å². The molecule has 0 atom stereocenters. The van der Waals surface area contributed by atoms with Crippen LogP contribution in [0.25, 0.3) is 0 Å². The maximum absolute atomic E-state index is 11.8. The number of carbonyl (C=O) groups is 1. The van der Waals surface area contributed by atoms with Crippen molar-refractivity contribution in [1.82, 2.24) is 5.32 Å². The summed E-state index contributed by atoms with van der Waals surface area (Å²) in [6.45, 7) is 0.771. The first-order valence-corrected chi connectivity index (χ1v) is 6.82. The molecule has 0 bridgehead atoms. The van der Waals surface area contributed by atoms with Gasteiger partial charge >= 0.3 is 0 Å². The molecular weight excluding hydrogens is 305 g/mol. The van der Waals surface area contributed by atoms with E-state index in [2.05, 4.69) is 5.32 Å². The van der Waals surface area contributed by atoms with Crippen LogP contribution in [0.15, 0.2) is 18.2 Å². The second-order valence-electron chi connectivity index (χ2n) is 4.36. The van der Waals surface area contributed by atoms with Crippen molar-refractivity contribution >= 4 is 29.1 Å². The minimum Gasteiger partial charge on any atom is -0.482 e. The molecule has 0 aliphatic heterocycles. The van der Waals surface area contributed by atoms with E-state index in [0.717, 1.165) is 0 Å². The molecule has 0 aliphatic carbocycles. The number of hydrogen-bond donors (Lipinski definition) is 3. The van der Waals surface area contributed by atoms with Crippen LogP contribution in [0.3, 0.4) is 0 Å². The van der Waals surface area contributed by atoms with Gasteiger partial charge in [-0.2, -0.15) is 0 Å². The van der Waals surface area contributed by atoms with E-state index in [9.17, 15) is 15.0 Å². The lowest BCUT2D eigenvalue weighted by molar-refractivity contribution is -0.126. The Bertz CT molecular complexity index is 455. The Kier molecular flexibility index (Phi) is 6.55. The van der Waals surface area contributed by atoms with Crippen molar-refractivity contribution < 1.29 is 19.7 Å². The van der Waals surface area contributed by atoms with Crippen molar-refractivity contribution in [3.8, 4) is 5.75 Å². The third-order valence-corrected chi connectivity index (χ3v) is 3.47. The van der Waals surface area contributed by atoms with Gasteiger partial charge in [0.2, 0.25) is 0 Å². The molecule has 7 heteroatoms. The van der Waals surface area contributed by atoms with Crippen LogP contribution < -0.4 is 10.1 Å². The van der Waals surface area contributed by atoms with E-state index in [1.165, 1.54) is 6.07 Å². The summed E-state index contributed by atoms with van der Waals surface area (Å²) >= 11 is 11.7. The fourth-order valence-corrected chi connectivity index (χ4v) is 1.97. The lowest BCUT2D eigenvalue weighted by Crippen LogP contribution is -2.54. The van der Waals surface area contributed by atoms with Crippen LogP contribution in [0.4, 0.5) is 0 Å². The minimum atomic E-state index is -1.04. The van der Waals surface area contributed by atoms with E-state index in [0.29, 0.717) is 22.2 Å². The SMILES string of the molecule is CCC(CO)(CO)NC(=O)COc1ccc(Cl)cc1Cl. The van der Waals surface area contributed by atoms with Crippen molar-refractivity contribution in [2.24, 2.45) is 0 Å². The third-order valence-electron chi connectivity index (χ3n) is 2.94. The normalized spacial score (nSPS) is 11.2. The molecular formula is C13H17Cl2NO4. The fourth-order valence-electron chi connectivity index (χ4n) is 1.51. The molecule has 0 aliphatic rings. The van der Waals surface area contributed by atoms with Crippen LogP contribution in [0.1, 0.15) is 13.3 Å². The summed E-state index contributed by atoms with van der Waals surface area (Å²) in [7, 11) is 0. The van der Waals surface area contributed by atoms with Crippen LogP contribution in [0.2, 0.25) is 10.0 Å². The highest BCUT2D eigenvalue weighted by Gasteiger charge is 2.28. The third kappa shape index (κ3) is 4.52. The van der Waals surface area contributed by atoms with Crippen LogP contribution in [0.5, 0.6) is 5.75 Å². The number of amides is 1. The van der Waals surface area contributed by atoms with Crippen LogP contribution >= 0.6 is 23.2 Å². The average molecular weight is 322 g/mol. The first-order chi connectivity index (χ1) is 9.46. The van der Waals surface area contributed by atoms with Crippen molar-refractivity contribution in [3.05, 3.63) is 28.2 Å². The Morgan fingerprint density at radius 3 is 2.50 bits per heavy atom. The van der Waals surface area contributed by atoms with E-state index in [-0.39, 0.29) is 19.8 Å². The Balaban J connectivity index is 2.59. The molecule has 3 N–H and O–H groups in total. The number of carbonyl (C=O) groups excluding carboxylic acids is 1. The summed E-state index contributed by atoms with van der Waals surface area (Å²) in [5.74, 6) is -0.123. The van der Waals surface area contributed by atoms with Gasteiger partial charge in [0, 0.05) is 5.02 Å². The number of benzene rings is 1. The lowest BCUT2D eigenvalue weighted by atomic mass is 9.98. The van der Waals surface area contributed by atoms with E-state index >= 15 is 0 Å². The molecule has 0 heterocycles. The summed E-state index contributed by atoms with van der Waals surface area (Å²) in [4.78, 5) is 11.8. The number of rotatable bonds is 7. The molecule has 0 unspecified atom stereocenters. The fraction of sp³-hybridized carbons (Fsp3) is 0.462. The maximum Gasteiger partial charge on any atom is 0.258 e. The zero-order valence-corrected chi connectivity index (χ0v) is 12.5. The van der Waals surface area contributed by atoms with Crippen LogP contribution in [0, 0.1) is 0 Å². The molecule has 0 saturated carbocycles. The van der Waals surface area contributed by atoms with E-state index in [1.54, 1.807) is 19.1 Å². The van der Waals surface area contributed by atoms with Crippen molar-refractivity contribution in [3.63, 3.8) is 0 Å². The Morgan fingerprint density at radius 1 is 1.35 bits per heavy atom. The van der Waals surface area contributed by atoms with E-state index < -0.39 is 11.4 Å². The standard InChI is InChI=1S/C13H17Cl2NO4/c1-2-13(7-17,8-18)16-12(19)6-20-11-4-3-9(14)5-10(11)15/h3-5,17-18H,2,6-8H2,1H3,(H,16,19). The van der Waals surface area contributed by atoms with Gasteiger partial charge in [0.15, 0.2) is 6.61 Å². The van der Waals surface area contributed by atoms with Crippen LogP contribution in [-0.2, 0) is 4.79 Å². The maximum atomic E-state index is 11.8. The van der Waals surface area contributed by atoms with Gasteiger partial charge in [-0.15, -0.1) is 0 Å². The predicted molar refractivity (Wildman–Crippen MR) is 77.3 cm³/mol. The van der Waals surface area contributed by atoms with E-state index in [4.69, 9.17) is 27.9 Å². The van der Waals surface area contributed by atoms with Gasteiger partial charge in [-0.05, 0) is 24.6 Å². The minimum absolute atomic E-state index is 0.275. The molecule has 0 saturated heterocycles. The highest BCUT2D eigenvalue weighted by molar-refractivity contribution is 6.35. The van der Waals surface area contributed by atoms with Crippen molar-refractivity contribution in [1.29, 1.82) is 0 Å². The predicted octanol–water partition coefficient (Wildman–Crippen LogP) is 1.62. The summed E-state index contributed by atoms with van der Waals surface area (Å²) < 4.78 is 5.27. The summed E-state index contributed by atoms with van der Waals surface area (Å²) in [6.07, 6.45) is 0.396. The monoisotopic (exact) mass is 321 g/mol. The second-order valence-corrected chi connectivity index (χ2v) is 5.21. The van der Waals surface area contributed by atoms with Gasteiger partial charge in [0.25, 0.3) is 5.91 Å². The molecule has 1 amide bonds. The Hall–Kier alpha value is -1.01. The highest BCUT2D eigenvalue weighted by Crippen LogP contribution is 2.27. The molecule has 0 radical (unpaired) electrons. The highest BCUT2D eigenvalue weighted by atomic mass is 35.5. The Morgan fingerprint density at radius 2 is 2.00 bits per heavy atom. The largest absolute Gasteiger partial charge is 0.482 e. The molecule has 1 aromatic rings. The Labute approximate surface area is 127 Å². The van der Waals surface area contributed by atoms with Gasteiger partial charge in [0.1, 0.15) is 5.75 Å². The number of nitrogens with one attached hydrogen (secondary N) is 1. The number of halogens is 2. The molecule has 5 nitrogen and oxygen atoms in total. The van der Waals surface area contributed by atoms with E-state index in [1.807, 2.05) is 0 Å². The van der Waals surface area contributed by atoms with Gasteiger partial charge in [-0.25, -0.2) is 0 Å². The zero-order valence-electron chi connectivity index (χ0n) is 11.0. The van der Waals surface area contributed by atoms with Crippen molar-refractivity contribution in [2.45, 2.75) is 18.9 Å². The first kappa shape index (κ1) is 17.0. The topological polar surface area (TPSA) is 78.8 Å². The first-order valence-electron chi connectivity index (χ1n) is 6.07. The smallest absolute Gasteiger partial charge is 0.258 e. The molecule has 0 spiro atoms. The summed E-state index contributed by atoms with van der Waals surface area (Å²) in [5, 5.41) is 21.8. The quantitative estimate of drug-likeness (QED) is 0.713. The van der Waals surface area contributed by atoms with Gasteiger partial charge in [0.05, 0.1) is 23.8 Å². The van der Waals surface area contributed by atoms with Crippen LogP contribution in [-0.4, -0.2) is 41.5 Å². The lowest BCUT2D eigenvalue weighted by Gasteiger charge is -2.29. The molecule has 112 valence electrons. The molecule has 0 aromatic heterocycles. The van der Waals surface area contributed by atoms with Gasteiger partial charge in [-0.1, -0.05) is 30.1 Å². The second kappa shape index (κ2) is 7.69. The number of ether oxygens (including phenoxy) is 1. The number of hydrogen-bond acceptors (Lipinski definition) is 4. The number of aliphatic hydroxyl groups excluding tert-OH is 2. The van der Waals surface area contributed by atoms with Crippen molar-refractivity contribution in [2.75, 3.05) is 19.8 Å².